The minimum atomic E-state index is -3.81. The van der Waals surface area contributed by atoms with Crippen LogP contribution in [0.4, 0.5) is 11.4 Å². The van der Waals surface area contributed by atoms with Crippen LogP contribution in [-0.4, -0.2) is 8.42 Å². The zero-order valence-corrected chi connectivity index (χ0v) is 12.7. The summed E-state index contributed by atoms with van der Waals surface area (Å²) in [6.45, 7) is 2.05. The highest BCUT2D eigenvalue weighted by molar-refractivity contribution is 7.89. The highest BCUT2D eigenvalue weighted by Gasteiger charge is 2.17. The fourth-order valence-electron chi connectivity index (χ4n) is 1.97. The monoisotopic (exact) mass is 311 g/mol. The molecule has 0 radical (unpaired) electrons. The molecule has 7 heteroatoms. The lowest BCUT2D eigenvalue weighted by atomic mass is 10.1. The summed E-state index contributed by atoms with van der Waals surface area (Å²) in [5.41, 5.74) is 6.65. The number of hydrogen-bond acceptors (Lipinski definition) is 5. The van der Waals surface area contributed by atoms with Crippen LogP contribution in [0.15, 0.2) is 40.6 Å². The Morgan fingerprint density at radius 3 is 2.60 bits per heavy atom. The molecule has 0 fully saturated rings. The van der Waals surface area contributed by atoms with Gasteiger partial charge in [-0.1, -0.05) is 19.1 Å². The van der Waals surface area contributed by atoms with Crippen LogP contribution in [0.1, 0.15) is 24.3 Å². The molecule has 20 heavy (non-hydrogen) atoms. The minimum absolute atomic E-state index is 0.0523. The largest absolute Gasteiger partial charge is 0.396 e. The smallest absolute Gasteiger partial charge is 0.240 e. The molecular weight excluding hydrogens is 294 g/mol. The second-order valence-electron chi connectivity index (χ2n) is 4.38. The molecule has 0 amide bonds. The lowest BCUT2D eigenvalue weighted by molar-refractivity contribution is 0.598. The molecule has 0 aliphatic rings. The van der Waals surface area contributed by atoms with Gasteiger partial charge in [-0.3, -0.25) is 0 Å². The Morgan fingerprint density at radius 1 is 1.30 bits per heavy atom. The Balaban J connectivity index is 2.35. The van der Waals surface area contributed by atoms with Gasteiger partial charge in [0.05, 0.1) is 17.4 Å². The van der Waals surface area contributed by atoms with E-state index < -0.39 is 10.0 Å². The van der Waals surface area contributed by atoms with Crippen molar-refractivity contribution >= 4 is 32.7 Å². The van der Waals surface area contributed by atoms with Gasteiger partial charge in [-0.25, -0.2) is 13.6 Å². The Morgan fingerprint density at radius 2 is 2.05 bits per heavy atom. The first-order valence-electron chi connectivity index (χ1n) is 6.14. The number of benzene rings is 1. The van der Waals surface area contributed by atoms with Gasteiger partial charge in [0.2, 0.25) is 10.0 Å². The molecule has 0 saturated heterocycles. The average molecular weight is 311 g/mol. The van der Waals surface area contributed by atoms with Crippen molar-refractivity contribution < 1.29 is 8.42 Å². The van der Waals surface area contributed by atoms with E-state index in [0.717, 1.165) is 6.42 Å². The van der Waals surface area contributed by atoms with Gasteiger partial charge in [-0.05, 0) is 30.0 Å². The fraction of sp³-hybridized carbons (Fsp3) is 0.231. The van der Waals surface area contributed by atoms with E-state index in [4.69, 9.17) is 10.9 Å². The summed E-state index contributed by atoms with van der Waals surface area (Å²) in [6, 6.07) is 8.88. The van der Waals surface area contributed by atoms with Crippen molar-refractivity contribution in [2.24, 2.45) is 5.14 Å². The van der Waals surface area contributed by atoms with Gasteiger partial charge < -0.3 is 11.1 Å². The van der Waals surface area contributed by atoms with E-state index >= 15 is 0 Å². The minimum Gasteiger partial charge on any atom is -0.396 e. The van der Waals surface area contributed by atoms with Crippen molar-refractivity contribution in [3.05, 3.63) is 40.6 Å². The SMILES string of the molecule is CCC(Nc1cccc(S(N)(=O)=O)c1N)c1cccs1. The van der Waals surface area contributed by atoms with Crippen molar-refractivity contribution in [1.29, 1.82) is 0 Å². The summed E-state index contributed by atoms with van der Waals surface area (Å²) in [6.07, 6.45) is 0.861. The predicted octanol–water partition coefficient (Wildman–Crippen LogP) is 2.54. The van der Waals surface area contributed by atoms with Crippen LogP contribution < -0.4 is 16.2 Å². The third-order valence-electron chi connectivity index (χ3n) is 3.00. The number of primary sulfonamides is 1. The first-order chi connectivity index (χ1) is 9.43. The van der Waals surface area contributed by atoms with Crippen LogP contribution in [-0.2, 0) is 10.0 Å². The number of hydrogen-bond donors (Lipinski definition) is 3. The quantitative estimate of drug-likeness (QED) is 0.739. The molecule has 5 N–H and O–H groups in total. The molecule has 2 aromatic rings. The maximum Gasteiger partial charge on any atom is 0.240 e. The summed E-state index contributed by atoms with van der Waals surface area (Å²) in [5, 5.41) is 10.4. The van der Waals surface area contributed by atoms with E-state index in [9.17, 15) is 8.42 Å². The summed E-state index contributed by atoms with van der Waals surface area (Å²) < 4.78 is 22.9. The average Bonchev–Trinajstić information content (AvgIpc) is 2.90. The van der Waals surface area contributed by atoms with Gasteiger partial charge in [0.1, 0.15) is 4.90 Å². The second kappa shape index (κ2) is 5.82. The van der Waals surface area contributed by atoms with Gasteiger partial charge in [0, 0.05) is 4.88 Å². The molecule has 1 aromatic carbocycles. The van der Waals surface area contributed by atoms with E-state index in [2.05, 4.69) is 12.2 Å². The van der Waals surface area contributed by atoms with E-state index in [-0.39, 0.29) is 16.6 Å². The van der Waals surface area contributed by atoms with Crippen LogP contribution in [0.5, 0.6) is 0 Å². The number of nitrogens with two attached hydrogens (primary N) is 2. The molecule has 0 spiro atoms. The van der Waals surface area contributed by atoms with Crippen molar-refractivity contribution in [2.75, 3.05) is 11.1 Å². The number of rotatable bonds is 5. The maximum absolute atomic E-state index is 11.5. The van der Waals surface area contributed by atoms with Gasteiger partial charge in [-0.2, -0.15) is 0 Å². The van der Waals surface area contributed by atoms with Crippen molar-refractivity contribution in [3.8, 4) is 0 Å². The molecule has 0 aliphatic carbocycles. The van der Waals surface area contributed by atoms with E-state index in [1.165, 1.54) is 10.9 Å². The zero-order chi connectivity index (χ0) is 14.8. The highest BCUT2D eigenvalue weighted by Crippen LogP contribution is 2.31. The maximum atomic E-state index is 11.5. The van der Waals surface area contributed by atoms with Crippen LogP contribution in [0.25, 0.3) is 0 Å². The molecule has 1 aromatic heterocycles. The number of para-hydroxylation sites is 1. The van der Waals surface area contributed by atoms with Crippen LogP contribution >= 0.6 is 11.3 Å². The molecule has 1 atom stereocenters. The number of nitrogen functional groups attached to an aromatic ring is 1. The molecular formula is C13H17N3O2S2. The molecule has 5 nitrogen and oxygen atoms in total. The van der Waals surface area contributed by atoms with E-state index in [0.29, 0.717) is 5.69 Å². The fourth-order valence-corrected chi connectivity index (χ4v) is 3.52. The molecule has 0 aliphatic heterocycles. The third kappa shape index (κ3) is 3.12. The first-order valence-corrected chi connectivity index (χ1v) is 8.57. The van der Waals surface area contributed by atoms with Gasteiger partial charge in [0.25, 0.3) is 0 Å². The zero-order valence-electron chi connectivity index (χ0n) is 11.0. The summed E-state index contributed by atoms with van der Waals surface area (Å²) >= 11 is 1.64. The molecule has 0 bridgehead atoms. The summed E-state index contributed by atoms with van der Waals surface area (Å²) in [7, 11) is -3.81. The Kier molecular flexibility index (Phi) is 4.32. The predicted molar refractivity (Wildman–Crippen MR) is 83.2 cm³/mol. The van der Waals surface area contributed by atoms with Crippen molar-refractivity contribution in [2.45, 2.75) is 24.3 Å². The topological polar surface area (TPSA) is 98.2 Å². The number of sulfonamides is 1. The van der Waals surface area contributed by atoms with Crippen LogP contribution in [0.3, 0.4) is 0 Å². The summed E-state index contributed by atoms with van der Waals surface area (Å²) in [4.78, 5) is 1.12. The van der Waals surface area contributed by atoms with E-state index in [1.807, 2.05) is 17.5 Å². The first kappa shape index (κ1) is 14.8. The van der Waals surface area contributed by atoms with Crippen LogP contribution in [0, 0.1) is 0 Å². The highest BCUT2D eigenvalue weighted by atomic mass is 32.2. The standard InChI is InChI=1S/C13H17N3O2S2/c1-2-9(11-6-4-8-19-11)16-10-5-3-7-12(13(10)14)20(15,17)18/h3-9,16H,2,14H2,1H3,(H2,15,17,18). The Hall–Kier alpha value is -1.57. The second-order valence-corrected chi connectivity index (χ2v) is 6.89. The molecule has 108 valence electrons. The van der Waals surface area contributed by atoms with Gasteiger partial charge >= 0.3 is 0 Å². The van der Waals surface area contributed by atoms with Crippen LogP contribution in [0.2, 0.25) is 0 Å². The van der Waals surface area contributed by atoms with Crippen molar-refractivity contribution in [1.82, 2.24) is 0 Å². The normalized spacial score (nSPS) is 13.1. The lowest BCUT2D eigenvalue weighted by Crippen LogP contribution is -2.16. The van der Waals surface area contributed by atoms with Crippen molar-refractivity contribution in [3.63, 3.8) is 0 Å². The molecule has 1 unspecified atom stereocenters. The van der Waals surface area contributed by atoms with E-state index in [1.54, 1.807) is 23.5 Å². The molecule has 2 rings (SSSR count). The molecule has 0 saturated carbocycles. The number of nitrogens with one attached hydrogen (secondary N) is 1. The Labute approximate surface area is 122 Å². The number of anilines is 2. The Bertz CT molecular complexity index is 682. The van der Waals surface area contributed by atoms with Gasteiger partial charge in [-0.15, -0.1) is 11.3 Å². The molecule has 1 heterocycles. The third-order valence-corrected chi connectivity index (χ3v) is 4.95. The lowest BCUT2D eigenvalue weighted by Gasteiger charge is -2.19. The van der Waals surface area contributed by atoms with Gasteiger partial charge in [0.15, 0.2) is 0 Å². The number of thiophene rings is 1. The summed E-state index contributed by atoms with van der Waals surface area (Å²) in [5.74, 6) is 0.